The highest BCUT2D eigenvalue weighted by molar-refractivity contribution is 7.91. The average Bonchev–Trinajstić information content (AvgIpc) is 3.03. The third-order valence-corrected chi connectivity index (χ3v) is 7.79. The molecule has 2 unspecified atom stereocenters. The molecule has 0 aromatic heterocycles. The molecule has 4 rings (SSSR count). The van der Waals surface area contributed by atoms with Crippen molar-refractivity contribution in [2.24, 2.45) is 0 Å². The van der Waals surface area contributed by atoms with Crippen molar-refractivity contribution in [1.29, 1.82) is 0 Å². The summed E-state index contributed by atoms with van der Waals surface area (Å²) in [7, 11) is -3.24. The van der Waals surface area contributed by atoms with E-state index >= 15 is 0 Å². The number of ether oxygens (including phenoxy) is 1. The second-order valence-electron chi connectivity index (χ2n) is 9.33. The van der Waals surface area contributed by atoms with Crippen LogP contribution in [0.5, 0.6) is 5.75 Å². The number of carbonyl (C=O) groups excluding carboxylic acids is 1. The smallest absolute Gasteiger partial charge is 0.246 e. The predicted molar refractivity (Wildman–Crippen MR) is 124 cm³/mol. The predicted octanol–water partition coefficient (Wildman–Crippen LogP) is 3.40. The van der Waals surface area contributed by atoms with Crippen LogP contribution < -0.4 is 14.5 Å². The molecular formula is C24H30N2O4S. The van der Waals surface area contributed by atoms with Crippen molar-refractivity contribution in [2.75, 3.05) is 34.5 Å². The molecule has 2 aromatic carbocycles. The Morgan fingerprint density at radius 1 is 0.935 bits per heavy atom. The van der Waals surface area contributed by atoms with Gasteiger partial charge in [0.1, 0.15) is 5.75 Å². The number of rotatable bonds is 4. The van der Waals surface area contributed by atoms with E-state index in [9.17, 15) is 13.2 Å². The summed E-state index contributed by atoms with van der Waals surface area (Å²) in [6.07, 6.45) is 0. The molecule has 2 aliphatic rings. The van der Waals surface area contributed by atoms with Gasteiger partial charge in [0.2, 0.25) is 5.91 Å². The maximum atomic E-state index is 13.2. The summed E-state index contributed by atoms with van der Waals surface area (Å²) in [6, 6.07) is 14.8. The fraction of sp³-hybridized carbons (Fsp3) is 0.458. The molecule has 31 heavy (non-hydrogen) atoms. The quantitative estimate of drug-likeness (QED) is 0.726. The zero-order valence-electron chi connectivity index (χ0n) is 18.5. The van der Waals surface area contributed by atoms with Crippen molar-refractivity contribution in [2.45, 2.75) is 45.2 Å². The molecule has 2 heterocycles. The second kappa shape index (κ2) is 7.86. The number of hydrogen-bond donors (Lipinski definition) is 0. The lowest BCUT2D eigenvalue weighted by molar-refractivity contribution is -0.118. The first kappa shape index (κ1) is 21.7. The Kier molecular flexibility index (Phi) is 5.50. The van der Waals surface area contributed by atoms with Gasteiger partial charge in [-0.2, -0.15) is 0 Å². The van der Waals surface area contributed by atoms with E-state index in [0.717, 1.165) is 11.4 Å². The molecule has 0 spiro atoms. The number of fused-ring (bicyclic) bond motifs is 1. The number of benzene rings is 2. The average molecular weight is 443 g/mol. The highest BCUT2D eigenvalue weighted by Gasteiger charge is 2.50. The van der Waals surface area contributed by atoms with Gasteiger partial charge in [-0.3, -0.25) is 4.79 Å². The fourth-order valence-electron chi connectivity index (χ4n) is 4.52. The van der Waals surface area contributed by atoms with Crippen molar-refractivity contribution >= 4 is 27.1 Å². The van der Waals surface area contributed by atoms with Crippen molar-refractivity contribution in [1.82, 2.24) is 0 Å². The number of carbonyl (C=O) groups is 1. The standard InChI is InChI=1S/C24H30N2O4S/c1-5-30-20-12-10-19(11-13-20)26-22-16-31(28,29)15-21(22)25(14-23(26)27)18-8-6-17(7-9-18)24(2,3)4/h6-13,21-22H,5,14-16H2,1-4H3. The molecule has 2 atom stereocenters. The highest BCUT2D eigenvalue weighted by atomic mass is 32.2. The van der Waals surface area contributed by atoms with Crippen molar-refractivity contribution in [3.8, 4) is 5.75 Å². The monoisotopic (exact) mass is 442 g/mol. The molecule has 2 aliphatic heterocycles. The maximum absolute atomic E-state index is 13.2. The lowest BCUT2D eigenvalue weighted by Crippen LogP contribution is -2.62. The summed E-state index contributed by atoms with van der Waals surface area (Å²) in [6.45, 7) is 9.09. The van der Waals surface area contributed by atoms with Gasteiger partial charge in [-0.25, -0.2) is 8.42 Å². The van der Waals surface area contributed by atoms with E-state index in [4.69, 9.17) is 4.74 Å². The van der Waals surface area contributed by atoms with E-state index in [1.54, 1.807) is 4.90 Å². The fourth-order valence-corrected chi connectivity index (χ4v) is 6.47. The zero-order chi connectivity index (χ0) is 22.4. The second-order valence-corrected chi connectivity index (χ2v) is 11.5. The van der Waals surface area contributed by atoms with Crippen LogP contribution in [-0.4, -0.2) is 51.1 Å². The Morgan fingerprint density at radius 2 is 1.52 bits per heavy atom. The number of piperazine rings is 1. The number of sulfone groups is 1. The van der Waals surface area contributed by atoms with Gasteiger partial charge in [0.05, 0.1) is 36.7 Å². The van der Waals surface area contributed by atoms with Crippen LogP contribution in [-0.2, 0) is 20.0 Å². The molecule has 0 aliphatic carbocycles. The summed E-state index contributed by atoms with van der Waals surface area (Å²) in [4.78, 5) is 16.9. The molecule has 0 N–H and O–H groups in total. The van der Waals surface area contributed by atoms with E-state index in [-0.39, 0.29) is 35.4 Å². The maximum Gasteiger partial charge on any atom is 0.246 e. The van der Waals surface area contributed by atoms with Crippen LogP contribution in [0.25, 0.3) is 0 Å². The van der Waals surface area contributed by atoms with Gasteiger partial charge in [-0.1, -0.05) is 32.9 Å². The molecule has 7 heteroatoms. The Labute approximate surface area is 184 Å². The van der Waals surface area contributed by atoms with Crippen molar-refractivity contribution < 1.29 is 17.9 Å². The molecular weight excluding hydrogens is 412 g/mol. The summed E-state index contributed by atoms with van der Waals surface area (Å²) in [5, 5.41) is 0. The Morgan fingerprint density at radius 3 is 2.10 bits per heavy atom. The number of nitrogens with zero attached hydrogens (tertiary/aromatic N) is 2. The molecule has 1 amide bonds. The Hall–Kier alpha value is -2.54. The van der Waals surface area contributed by atoms with Crippen LogP contribution >= 0.6 is 0 Å². The van der Waals surface area contributed by atoms with Crippen molar-refractivity contribution in [3.05, 3.63) is 54.1 Å². The van der Waals surface area contributed by atoms with E-state index in [1.807, 2.05) is 48.2 Å². The summed E-state index contributed by atoms with van der Waals surface area (Å²) in [5.41, 5.74) is 2.83. The molecule has 2 aromatic rings. The third-order valence-electron chi connectivity index (χ3n) is 6.09. The van der Waals surface area contributed by atoms with E-state index in [1.165, 1.54) is 5.56 Å². The van der Waals surface area contributed by atoms with E-state index in [0.29, 0.717) is 12.3 Å². The normalized spacial score (nSPS) is 23.0. The van der Waals surface area contributed by atoms with Gasteiger partial charge in [-0.15, -0.1) is 0 Å². The molecule has 166 valence electrons. The Balaban J connectivity index is 1.66. The van der Waals surface area contributed by atoms with Crippen LogP contribution in [0.1, 0.15) is 33.3 Å². The minimum absolute atomic E-state index is 0.0206. The van der Waals surface area contributed by atoms with Gasteiger partial charge in [0.25, 0.3) is 0 Å². The van der Waals surface area contributed by atoms with Gasteiger partial charge >= 0.3 is 0 Å². The first-order valence-electron chi connectivity index (χ1n) is 10.7. The molecule has 0 radical (unpaired) electrons. The van der Waals surface area contributed by atoms with Crippen LogP contribution in [0.15, 0.2) is 48.5 Å². The highest BCUT2D eigenvalue weighted by Crippen LogP contribution is 2.35. The molecule has 0 bridgehead atoms. The molecule has 2 saturated heterocycles. The first-order valence-corrected chi connectivity index (χ1v) is 12.5. The van der Waals surface area contributed by atoms with Crippen molar-refractivity contribution in [3.63, 3.8) is 0 Å². The minimum atomic E-state index is -3.24. The molecule has 6 nitrogen and oxygen atoms in total. The van der Waals surface area contributed by atoms with Crippen LogP contribution in [0.2, 0.25) is 0 Å². The van der Waals surface area contributed by atoms with E-state index < -0.39 is 15.9 Å². The van der Waals surface area contributed by atoms with Gasteiger partial charge in [-0.05, 0) is 54.3 Å². The number of amides is 1. The zero-order valence-corrected chi connectivity index (χ0v) is 19.4. The van der Waals surface area contributed by atoms with Crippen LogP contribution in [0.4, 0.5) is 11.4 Å². The lowest BCUT2D eigenvalue weighted by Gasteiger charge is -2.44. The van der Waals surface area contributed by atoms with Crippen LogP contribution in [0, 0.1) is 0 Å². The third kappa shape index (κ3) is 4.28. The van der Waals surface area contributed by atoms with Gasteiger partial charge < -0.3 is 14.5 Å². The summed E-state index contributed by atoms with van der Waals surface area (Å²) in [5.74, 6) is 0.668. The van der Waals surface area contributed by atoms with Gasteiger partial charge in [0, 0.05) is 11.4 Å². The summed E-state index contributed by atoms with van der Waals surface area (Å²) < 4.78 is 30.7. The molecule has 2 fully saturated rings. The summed E-state index contributed by atoms with van der Waals surface area (Å²) >= 11 is 0. The number of hydrogen-bond acceptors (Lipinski definition) is 5. The van der Waals surface area contributed by atoms with E-state index in [2.05, 4.69) is 32.9 Å². The first-order chi connectivity index (χ1) is 14.6. The number of anilines is 2. The topological polar surface area (TPSA) is 66.9 Å². The molecule has 0 saturated carbocycles. The SMILES string of the molecule is CCOc1ccc(N2C(=O)CN(c3ccc(C(C)(C)C)cc3)C3CS(=O)(=O)CC32)cc1. The van der Waals surface area contributed by atoms with Crippen LogP contribution in [0.3, 0.4) is 0 Å². The van der Waals surface area contributed by atoms with Gasteiger partial charge in [0.15, 0.2) is 9.84 Å². The Bertz CT molecular complexity index is 1060. The lowest BCUT2D eigenvalue weighted by atomic mass is 9.87. The minimum Gasteiger partial charge on any atom is -0.494 e. The largest absolute Gasteiger partial charge is 0.494 e.